The summed E-state index contributed by atoms with van der Waals surface area (Å²) in [6, 6.07) is 4.46. The lowest BCUT2D eigenvalue weighted by Crippen LogP contribution is -2.51. The summed E-state index contributed by atoms with van der Waals surface area (Å²) < 4.78 is 11.3. The van der Waals surface area contributed by atoms with Crippen LogP contribution in [0.2, 0.25) is 5.02 Å². The van der Waals surface area contributed by atoms with Gasteiger partial charge in [0.15, 0.2) is 5.79 Å². The van der Waals surface area contributed by atoms with Gasteiger partial charge in [0, 0.05) is 18.0 Å². The van der Waals surface area contributed by atoms with E-state index in [1.807, 2.05) is 0 Å². The Labute approximate surface area is 122 Å². The molecule has 1 spiro atoms. The van der Waals surface area contributed by atoms with Gasteiger partial charge in [0.05, 0.1) is 25.3 Å². The van der Waals surface area contributed by atoms with Crippen molar-refractivity contribution in [2.75, 3.05) is 26.3 Å². The lowest BCUT2D eigenvalue weighted by Gasteiger charge is -2.38. The number of likely N-dealkylation sites (tertiary alicyclic amines) is 1. The van der Waals surface area contributed by atoms with Gasteiger partial charge in [-0.25, -0.2) is 0 Å². The van der Waals surface area contributed by atoms with Gasteiger partial charge in [-0.15, -0.1) is 0 Å². The highest BCUT2D eigenvalue weighted by Gasteiger charge is 2.42. The van der Waals surface area contributed by atoms with Gasteiger partial charge >= 0.3 is 0 Å². The second-order valence-electron chi connectivity index (χ2n) is 5.10. The largest absolute Gasteiger partial charge is 0.507 e. The highest BCUT2D eigenvalue weighted by Crippen LogP contribution is 2.32. The fraction of sp³-hybridized carbons (Fsp3) is 0.500. The van der Waals surface area contributed by atoms with E-state index in [2.05, 4.69) is 0 Å². The van der Waals surface area contributed by atoms with E-state index in [9.17, 15) is 9.90 Å². The van der Waals surface area contributed by atoms with Crippen molar-refractivity contribution in [2.45, 2.75) is 18.6 Å². The molecule has 1 N–H and O–H groups in total. The predicted octanol–water partition coefficient (Wildman–Crippen LogP) is 2.02. The monoisotopic (exact) mass is 297 g/mol. The molecule has 5 nitrogen and oxygen atoms in total. The average Bonchev–Trinajstić information content (AvgIpc) is 2.88. The molecular weight excluding hydrogens is 282 g/mol. The Morgan fingerprint density at radius 1 is 1.35 bits per heavy atom. The number of benzene rings is 1. The van der Waals surface area contributed by atoms with Crippen LogP contribution in [0, 0.1) is 0 Å². The van der Waals surface area contributed by atoms with E-state index in [0.717, 1.165) is 12.8 Å². The highest BCUT2D eigenvalue weighted by atomic mass is 35.5. The number of carbonyl (C=O) groups is 1. The molecule has 0 aliphatic carbocycles. The Bertz CT molecular complexity index is 528. The third-order valence-corrected chi connectivity index (χ3v) is 3.94. The average molecular weight is 298 g/mol. The molecule has 2 saturated heterocycles. The van der Waals surface area contributed by atoms with E-state index in [-0.39, 0.29) is 17.2 Å². The summed E-state index contributed by atoms with van der Waals surface area (Å²) in [5.74, 6) is -0.974. The fourth-order valence-electron chi connectivity index (χ4n) is 2.74. The van der Waals surface area contributed by atoms with Crippen molar-refractivity contribution < 1.29 is 19.4 Å². The van der Waals surface area contributed by atoms with Crippen LogP contribution >= 0.6 is 11.6 Å². The maximum atomic E-state index is 12.5. The number of hydrogen-bond acceptors (Lipinski definition) is 4. The Morgan fingerprint density at radius 2 is 2.10 bits per heavy atom. The summed E-state index contributed by atoms with van der Waals surface area (Å²) in [4.78, 5) is 14.2. The fourth-order valence-corrected chi connectivity index (χ4v) is 2.92. The Hall–Kier alpha value is -1.30. The summed E-state index contributed by atoms with van der Waals surface area (Å²) in [6.45, 7) is 2.13. The first kappa shape index (κ1) is 13.7. The minimum absolute atomic E-state index is 0.0627. The number of hydrogen-bond donors (Lipinski definition) is 1. The number of carbonyl (C=O) groups excluding carboxylic acids is 1. The Balaban J connectivity index is 1.81. The van der Waals surface area contributed by atoms with Crippen LogP contribution in [0.4, 0.5) is 0 Å². The molecule has 0 unspecified atom stereocenters. The summed E-state index contributed by atoms with van der Waals surface area (Å²) in [7, 11) is 0. The van der Waals surface area contributed by atoms with Crippen molar-refractivity contribution in [3.63, 3.8) is 0 Å². The zero-order chi connectivity index (χ0) is 14.2. The van der Waals surface area contributed by atoms with E-state index in [1.54, 1.807) is 11.0 Å². The molecule has 1 aromatic carbocycles. The van der Waals surface area contributed by atoms with Crippen LogP contribution in [-0.4, -0.2) is 48.0 Å². The third-order valence-electron chi connectivity index (χ3n) is 3.71. The molecule has 2 fully saturated rings. The van der Waals surface area contributed by atoms with Crippen LogP contribution in [-0.2, 0) is 9.47 Å². The Kier molecular flexibility index (Phi) is 3.58. The summed E-state index contributed by atoms with van der Waals surface area (Å²) in [5, 5.41) is 10.2. The normalized spacial score (nSPS) is 21.4. The van der Waals surface area contributed by atoms with Gasteiger partial charge in [0.25, 0.3) is 5.91 Å². The van der Waals surface area contributed by atoms with Crippen LogP contribution in [0.3, 0.4) is 0 Å². The minimum Gasteiger partial charge on any atom is -0.507 e. The first-order valence-electron chi connectivity index (χ1n) is 6.65. The molecule has 0 saturated carbocycles. The van der Waals surface area contributed by atoms with E-state index in [1.165, 1.54) is 12.1 Å². The molecule has 2 aliphatic heterocycles. The number of rotatable bonds is 1. The maximum Gasteiger partial charge on any atom is 0.257 e. The van der Waals surface area contributed by atoms with Crippen molar-refractivity contribution in [3.8, 4) is 5.75 Å². The molecule has 1 amide bonds. The molecule has 20 heavy (non-hydrogen) atoms. The topological polar surface area (TPSA) is 59.0 Å². The number of amides is 1. The number of piperidine rings is 1. The number of phenols is 1. The van der Waals surface area contributed by atoms with E-state index in [0.29, 0.717) is 31.3 Å². The number of nitrogens with zero attached hydrogens (tertiary/aromatic N) is 1. The Morgan fingerprint density at radius 3 is 2.85 bits per heavy atom. The number of halogens is 1. The van der Waals surface area contributed by atoms with Crippen LogP contribution < -0.4 is 0 Å². The SMILES string of the molecule is O=C(c1cc(Cl)ccc1O)N1CCCC2(C1)OCCO2. The van der Waals surface area contributed by atoms with Crippen LogP contribution in [0.15, 0.2) is 18.2 Å². The van der Waals surface area contributed by atoms with E-state index in [4.69, 9.17) is 21.1 Å². The number of phenolic OH excluding ortho intramolecular Hbond substituents is 1. The van der Waals surface area contributed by atoms with Crippen molar-refractivity contribution in [1.82, 2.24) is 4.90 Å². The molecular formula is C14H16ClNO4. The molecule has 0 bridgehead atoms. The lowest BCUT2D eigenvalue weighted by molar-refractivity contribution is -0.183. The van der Waals surface area contributed by atoms with Crippen molar-refractivity contribution in [1.29, 1.82) is 0 Å². The van der Waals surface area contributed by atoms with Gasteiger partial charge in [-0.3, -0.25) is 4.79 Å². The molecule has 2 heterocycles. The van der Waals surface area contributed by atoms with Crippen molar-refractivity contribution in [3.05, 3.63) is 28.8 Å². The second-order valence-corrected chi connectivity index (χ2v) is 5.54. The first-order chi connectivity index (χ1) is 9.60. The van der Waals surface area contributed by atoms with Gasteiger partial charge < -0.3 is 19.5 Å². The van der Waals surface area contributed by atoms with Crippen molar-refractivity contribution in [2.24, 2.45) is 0 Å². The van der Waals surface area contributed by atoms with Crippen molar-refractivity contribution >= 4 is 17.5 Å². The predicted molar refractivity (Wildman–Crippen MR) is 72.9 cm³/mol. The summed E-state index contributed by atoms with van der Waals surface area (Å²) in [6.07, 6.45) is 1.60. The molecule has 6 heteroatoms. The van der Waals surface area contributed by atoms with Gasteiger partial charge in [0.1, 0.15) is 5.75 Å². The smallest absolute Gasteiger partial charge is 0.257 e. The van der Waals surface area contributed by atoms with E-state index < -0.39 is 5.79 Å². The van der Waals surface area contributed by atoms with Crippen LogP contribution in [0.25, 0.3) is 0 Å². The zero-order valence-corrected chi connectivity index (χ0v) is 11.7. The summed E-state index contributed by atoms with van der Waals surface area (Å²) in [5.41, 5.74) is 0.215. The van der Waals surface area contributed by atoms with Gasteiger partial charge in [0.2, 0.25) is 0 Å². The third kappa shape index (κ3) is 2.49. The molecule has 3 rings (SSSR count). The minimum atomic E-state index is -0.665. The molecule has 108 valence electrons. The number of aromatic hydroxyl groups is 1. The maximum absolute atomic E-state index is 12.5. The molecule has 0 atom stereocenters. The molecule has 0 radical (unpaired) electrons. The highest BCUT2D eigenvalue weighted by molar-refractivity contribution is 6.31. The first-order valence-corrected chi connectivity index (χ1v) is 7.03. The van der Waals surface area contributed by atoms with Crippen LogP contribution in [0.5, 0.6) is 5.75 Å². The van der Waals surface area contributed by atoms with E-state index >= 15 is 0 Å². The molecule has 2 aliphatic rings. The zero-order valence-electron chi connectivity index (χ0n) is 11.0. The van der Waals surface area contributed by atoms with Gasteiger partial charge in [-0.05, 0) is 24.6 Å². The van der Waals surface area contributed by atoms with Gasteiger partial charge in [-0.2, -0.15) is 0 Å². The van der Waals surface area contributed by atoms with Gasteiger partial charge in [-0.1, -0.05) is 11.6 Å². The quantitative estimate of drug-likeness (QED) is 0.861. The molecule has 1 aromatic rings. The molecule has 0 aromatic heterocycles. The number of ether oxygens (including phenoxy) is 2. The lowest BCUT2D eigenvalue weighted by atomic mass is 10.0. The standard InChI is InChI=1S/C14H16ClNO4/c15-10-2-3-12(17)11(8-10)13(18)16-5-1-4-14(9-16)19-6-7-20-14/h2-3,8,17H,1,4-7,9H2. The van der Waals surface area contributed by atoms with Crippen LogP contribution in [0.1, 0.15) is 23.2 Å². The summed E-state index contributed by atoms with van der Waals surface area (Å²) >= 11 is 5.89. The second kappa shape index (κ2) is 5.24.